The molecule has 0 bridgehead atoms. The third kappa shape index (κ3) is 1.90. The van der Waals surface area contributed by atoms with E-state index in [1.807, 2.05) is 0 Å². The standard InChI is InChI=1S/C14H27N3O/c1-11-8-14(9-15,10-16(11)2)17-6-7-18-13-5-3-4-12(13)17/h11-13H,3-10,15H2,1-2H3. The minimum Gasteiger partial charge on any atom is -0.375 e. The van der Waals surface area contributed by atoms with E-state index < -0.39 is 0 Å². The van der Waals surface area contributed by atoms with Gasteiger partial charge in [0, 0.05) is 37.3 Å². The van der Waals surface area contributed by atoms with Gasteiger partial charge in [-0.05, 0) is 39.7 Å². The van der Waals surface area contributed by atoms with Gasteiger partial charge in [0.15, 0.2) is 0 Å². The van der Waals surface area contributed by atoms with E-state index in [2.05, 4.69) is 23.8 Å². The lowest BCUT2D eigenvalue weighted by Gasteiger charge is -2.48. The minimum absolute atomic E-state index is 0.200. The van der Waals surface area contributed by atoms with Gasteiger partial charge in [-0.25, -0.2) is 0 Å². The second kappa shape index (κ2) is 4.75. The van der Waals surface area contributed by atoms with Crippen LogP contribution in [0.3, 0.4) is 0 Å². The summed E-state index contributed by atoms with van der Waals surface area (Å²) in [5.74, 6) is 0. The average Bonchev–Trinajstić information content (AvgIpc) is 2.95. The smallest absolute Gasteiger partial charge is 0.0731 e. The lowest BCUT2D eigenvalue weighted by atomic mass is 9.90. The largest absolute Gasteiger partial charge is 0.375 e. The molecule has 4 unspecified atom stereocenters. The molecule has 104 valence electrons. The number of hydrogen-bond donors (Lipinski definition) is 1. The summed E-state index contributed by atoms with van der Waals surface area (Å²) < 4.78 is 5.94. The SMILES string of the molecule is CC1CC(CN)(N2CCOC3CCCC32)CN1C. The molecule has 1 aliphatic carbocycles. The second-order valence-corrected chi connectivity index (χ2v) is 6.50. The molecule has 3 rings (SSSR count). The van der Waals surface area contributed by atoms with E-state index in [9.17, 15) is 0 Å². The number of rotatable bonds is 2. The van der Waals surface area contributed by atoms with Crippen LogP contribution in [0.5, 0.6) is 0 Å². The molecule has 4 nitrogen and oxygen atoms in total. The van der Waals surface area contributed by atoms with Crippen molar-refractivity contribution in [1.29, 1.82) is 0 Å². The first kappa shape index (κ1) is 12.9. The second-order valence-electron chi connectivity index (χ2n) is 6.50. The van der Waals surface area contributed by atoms with Crippen molar-refractivity contribution in [2.75, 3.05) is 33.3 Å². The van der Waals surface area contributed by atoms with Gasteiger partial charge in [-0.1, -0.05) is 0 Å². The predicted molar refractivity (Wildman–Crippen MR) is 72.6 cm³/mol. The monoisotopic (exact) mass is 253 g/mol. The molecule has 2 N–H and O–H groups in total. The Hall–Kier alpha value is -0.160. The summed E-state index contributed by atoms with van der Waals surface area (Å²) in [5, 5.41) is 0. The highest BCUT2D eigenvalue weighted by molar-refractivity contribution is 5.07. The number of nitrogens with two attached hydrogens (primary N) is 1. The van der Waals surface area contributed by atoms with E-state index in [0.29, 0.717) is 18.2 Å². The molecule has 18 heavy (non-hydrogen) atoms. The van der Waals surface area contributed by atoms with E-state index >= 15 is 0 Å². The zero-order valence-electron chi connectivity index (χ0n) is 11.8. The Kier molecular flexibility index (Phi) is 3.39. The Labute approximate surface area is 110 Å². The van der Waals surface area contributed by atoms with Crippen molar-refractivity contribution < 1.29 is 4.74 Å². The highest BCUT2D eigenvalue weighted by Crippen LogP contribution is 2.39. The van der Waals surface area contributed by atoms with Crippen molar-refractivity contribution >= 4 is 0 Å². The third-order valence-corrected chi connectivity index (χ3v) is 5.44. The summed E-state index contributed by atoms with van der Waals surface area (Å²) in [4.78, 5) is 5.18. The maximum atomic E-state index is 6.20. The first-order valence-electron chi connectivity index (χ1n) is 7.45. The van der Waals surface area contributed by atoms with Crippen LogP contribution in [-0.2, 0) is 4.74 Å². The summed E-state index contributed by atoms with van der Waals surface area (Å²) in [6.07, 6.45) is 5.54. The first-order valence-corrected chi connectivity index (χ1v) is 7.45. The van der Waals surface area contributed by atoms with Gasteiger partial charge in [-0.15, -0.1) is 0 Å². The number of nitrogens with zero attached hydrogens (tertiary/aromatic N) is 2. The first-order chi connectivity index (χ1) is 8.66. The van der Waals surface area contributed by atoms with Crippen LogP contribution in [0.1, 0.15) is 32.6 Å². The van der Waals surface area contributed by atoms with Crippen molar-refractivity contribution in [1.82, 2.24) is 9.80 Å². The van der Waals surface area contributed by atoms with Crippen LogP contribution < -0.4 is 5.73 Å². The molecule has 4 atom stereocenters. The van der Waals surface area contributed by atoms with Gasteiger partial charge in [-0.2, -0.15) is 0 Å². The Morgan fingerprint density at radius 3 is 2.89 bits per heavy atom. The number of ether oxygens (including phenoxy) is 1. The summed E-state index contributed by atoms with van der Waals surface area (Å²) in [6.45, 7) is 6.18. The maximum absolute atomic E-state index is 6.20. The lowest BCUT2D eigenvalue weighted by molar-refractivity contribution is -0.0946. The summed E-state index contributed by atoms with van der Waals surface area (Å²) >= 11 is 0. The van der Waals surface area contributed by atoms with Crippen molar-refractivity contribution in [3.8, 4) is 0 Å². The fourth-order valence-electron chi connectivity index (χ4n) is 4.38. The van der Waals surface area contributed by atoms with Gasteiger partial charge in [0.05, 0.1) is 12.7 Å². The molecule has 2 heterocycles. The molecule has 4 heteroatoms. The molecule has 0 spiro atoms. The van der Waals surface area contributed by atoms with Crippen LogP contribution in [0, 0.1) is 0 Å². The van der Waals surface area contributed by atoms with Gasteiger partial charge in [0.2, 0.25) is 0 Å². The van der Waals surface area contributed by atoms with Crippen molar-refractivity contribution in [3.63, 3.8) is 0 Å². The van der Waals surface area contributed by atoms with E-state index in [1.54, 1.807) is 0 Å². The van der Waals surface area contributed by atoms with Gasteiger partial charge >= 0.3 is 0 Å². The molecule has 0 aromatic carbocycles. The molecule has 3 aliphatic rings. The molecule has 0 amide bonds. The molecule has 2 aliphatic heterocycles. The van der Waals surface area contributed by atoms with Crippen molar-refractivity contribution in [2.24, 2.45) is 5.73 Å². The van der Waals surface area contributed by atoms with Gasteiger partial charge in [0.1, 0.15) is 0 Å². The van der Waals surface area contributed by atoms with Crippen LogP contribution in [0.25, 0.3) is 0 Å². The Morgan fingerprint density at radius 1 is 1.39 bits per heavy atom. The normalized spacial score (nSPS) is 46.5. The van der Waals surface area contributed by atoms with E-state index in [4.69, 9.17) is 10.5 Å². The fourth-order valence-corrected chi connectivity index (χ4v) is 4.38. The summed E-state index contributed by atoms with van der Waals surface area (Å²) in [7, 11) is 2.23. The summed E-state index contributed by atoms with van der Waals surface area (Å²) in [6, 6.07) is 1.28. The average molecular weight is 253 g/mol. The summed E-state index contributed by atoms with van der Waals surface area (Å²) in [5.41, 5.74) is 6.40. The van der Waals surface area contributed by atoms with Gasteiger partial charge in [-0.3, -0.25) is 4.90 Å². The van der Waals surface area contributed by atoms with Crippen LogP contribution >= 0.6 is 0 Å². The number of hydrogen-bond acceptors (Lipinski definition) is 4. The predicted octanol–water partition coefficient (Wildman–Crippen LogP) is 0.661. The molecule has 3 fully saturated rings. The van der Waals surface area contributed by atoms with Crippen LogP contribution in [0.4, 0.5) is 0 Å². The number of fused-ring (bicyclic) bond motifs is 1. The Balaban J connectivity index is 1.82. The van der Waals surface area contributed by atoms with Crippen molar-refractivity contribution in [3.05, 3.63) is 0 Å². The quantitative estimate of drug-likeness (QED) is 0.785. The fraction of sp³-hybridized carbons (Fsp3) is 1.00. The number of likely N-dealkylation sites (N-methyl/N-ethyl adjacent to an activating group) is 1. The maximum Gasteiger partial charge on any atom is 0.0731 e. The molecule has 2 saturated heterocycles. The molecule has 0 aromatic rings. The zero-order valence-corrected chi connectivity index (χ0v) is 11.8. The highest BCUT2D eigenvalue weighted by atomic mass is 16.5. The third-order valence-electron chi connectivity index (χ3n) is 5.44. The molecule has 0 aromatic heterocycles. The minimum atomic E-state index is 0.200. The lowest BCUT2D eigenvalue weighted by Crippen LogP contribution is -2.63. The number of likely N-dealkylation sites (tertiary alicyclic amines) is 1. The van der Waals surface area contributed by atoms with Gasteiger partial charge in [0.25, 0.3) is 0 Å². The van der Waals surface area contributed by atoms with Crippen molar-refractivity contribution in [2.45, 2.75) is 56.3 Å². The Morgan fingerprint density at radius 2 is 2.22 bits per heavy atom. The Bertz CT molecular complexity index is 299. The molecule has 0 radical (unpaired) electrons. The van der Waals surface area contributed by atoms with E-state index in [0.717, 1.165) is 26.2 Å². The molecule has 1 saturated carbocycles. The van der Waals surface area contributed by atoms with E-state index in [1.165, 1.54) is 25.7 Å². The van der Waals surface area contributed by atoms with Crippen LogP contribution in [0.2, 0.25) is 0 Å². The number of morpholine rings is 1. The zero-order chi connectivity index (χ0) is 12.8. The highest BCUT2D eigenvalue weighted by Gasteiger charge is 2.50. The van der Waals surface area contributed by atoms with E-state index in [-0.39, 0.29) is 5.54 Å². The van der Waals surface area contributed by atoms with Crippen LogP contribution in [-0.4, -0.2) is 66.8 Å². The molecular weight excluding hydrogens is 226 g/mol. The van der Waals surface area contributed by atoms with Gasteiger partial charge < -0.3 is 15.4 Å². The van der Waals surface area contributed by atoms with Crippen LogP contribution in [0.15, 0.2) is 0 Å². The molecular formula is C14H27N3O. The topological polar surface area (TPSA) is 41.7 Å².